The van der Waals surface area contributed by atoms with E-state index in [9.17, 15) is 9.59 Å². The zero-order valence-electron chi connectivity index (χ0n) is 15.3. The lowest BCUT2D eigenvalue weighted by Crippen LogP contribution is -2.40. The molecule has 3 heterocycles. The minimum Gasteiger partial charge on any atom is -0.465 e. The molecule has 26 heavy (non-hydrogen) atoms. The van der Waals surface area contributed by atoms with E-state index in [4.69, 9.17) is 9.47 Å². The normalized spacial score (nSPS) is 31.5. The minimum atomic E-state index is -0.695. The third-order valence-electron chi connectivity index (χ3n) is 5.71. The van der Waals surface area contributed by atoms with Gasteiger partial charge in [-0.15, -0.1) is 0 Å². The molecule has 5 nitrogen and oxygen atoms in total. The summed E-state index contributed by atoms with van der Waals surface area (Å²) >= 11 is 0. The second-order valence-electron chi connectivity index (χ2n) is 7.53. The molecule has 0 aromatic heterocycles. The number of hydrogen-bond donors (Lipinski definition) is 0. The number of benzene rings is 1. The summed E-state index contributed by atoms with van der Waals surface area (Å²) < 4.78 is 11.6. The highest BCUT2D eigenvalue weighted by atomic mass is 16.6. The van der Waals surface area contributed by atoms with Gasteiger partial charge in [-0.1, -0.05) is 49.6 Å². The first-order chi connectivity index (χ1) is 12.6. The number of carbonyl (C=O) groups is 2. The Morgan fingerprint density at radius 1 is 1.31 bits per heavy atom. The Balaban J connectivity index is 1.53. The Kier molecular flexibility index (Phi) is 4.35. The Morgan fingerprint density at radius 3 is 2.81 bits per heavy atom. The van der Waals surface area contributed by atoms with Crippen LogP contribution in [0.25, 0.3) is 0 Å². The number of carbonyl (C=O) groups excluding carboxylic acids is 2. The van der Waals surface area contributed by atoms with Crippen molar-refractivity contribution >= 4 is 17.6 Å². The second-order valence-corrected chi connectivity index (χ2v) is 7.53. The number of rotatable bonds is 6. The van der Waals surface area contributed by atoms with Crippen LogP contribution in [0.2, 0.25) is 0 Å². The lowest BCUT2D eigenvalue weighted by atomic mass is 9.77. The Hall–Kier alpha value is -2.14. The van der Waals surface area contributed by atoms with Gasteiger partial charge in [0.05, 0.1) is 25.2 Å². The van der Waals surface area contributed by atoms with Gasteiger partial charge in [-0.25, -0.2) is 0 Å². The van der Waals surface area contributed by atoms with Crippen molar-refractivity contribution in [2.45, 2.75) is 44.8 Å². The number of aryl methyl sites for hydroxylation is 1. The molecule has 5 heteroatoms. The molecule has 4 atom stereocenters. The zero-order chi connectivity index (χ0) is 18.3. The molecule has 4 rings (SSSR count). The average Bonchev–Trinajstić information content (AvgIpc) is 3.28. The second kappa shape index (κ2) is 6.54. The number of esters is 1. The molecule has 0 N–H and O–H groups in total. The lowest BCUT2D eigenvalue weighted by Gasteiger charge is -2.22. The van der Waals surface area contributed by atoms with Crippen LogP contribution in [0.3, 0.4) is 0 Å². The molecule has 2 saturated heterocycles. The molecule has 1 aromatic rings. The van der Waals surface area contributed by atoms with Gasteiger partial charge in [0.15, 0.2) is 0 Å². The van der Waals surface area contributed by atoms with Crippen molar-refractivity contribution in [1.29, 1.82) is 0 Å². The summed E-state index contributed by atoms with van der Waals surface area (Å²) in [5, 5.41) is 0. The molecule has 1 amide bonds. The van der Waals surface area contributed by atoms with Crippen LogP contribution in [0, 0.1) is 18.8 Å². The number of ether oxygens (including phenoxy) is 2. The van der Waals surface area contributed by atoms with E-state index in [-0.39, 0.29) is 18.0 Å². The molecule has 2 fully saturated rings. The van der Waals surface area contributed by atoms with Gasteiger partial charge in [-0.05, 0) is 25.5 Å². The van der Waals surface area contributed by atoms with Crippen molar-refractivity contribution in [2.75, 3.05) is 18.1 Å². The fourth-order valence-corrected chi connectivity index (χ4v) is 4.33. The first kappa shape index (κ1) is 17.3. The van der Waals surface area contributed by atoms with E-state index in [2.05, 4.69) is 6.92 Å². The topological polar surface area (TPSA) is 55.8 Å². The standard InChI is InChI=1S/C21H25NO4/c1-3-4-5-12-25-20(24)17-16-10-11-21(26-16)13-22(19(23)18(17)21)15-8-6-14(2)7-9-15/h6-11,16-18H,3-5,12-13H2,1-2H3/t16-,17+,18-,21-/m0/s1. The van der Waals surface area contributed by atoms with Gasteiger partial charge in [-0.3, -0.25) is 9.59 Å². The van der Waals surface area contributed by atoms with Crippen molar-refractivity contribution in [3.8, 4) is 0 Å². The third kappa shape index (κ3) is 2.65. The van der Waals surface area contributed by atoms with Crippen LogP contribution >= 0.6 is 0 Å². The fraction of sp³-hybridized carbons (Fsp3) is 0.524. The number of unbranched alkanes of at least 4 members (excludes halogenated alkanes) is 2. The van der Waals surface area contributed by atoms with Crippen molar-refractivity contribution in [3.05, 3.63) is 42.0 Å². The summed E-state index contributed by atoms with van der Waals surface area (Å²) in [6.07, 6.45) is 6.50. The molecular formula is C21H25NO4. The van der Waals surface area contributed by atoms with E-state index in [0.29, 0.717) is 13.2 Å². The van der Waals surface area contributed by atoms with E-state index in [0.717, 1.165) is 30.5 Å². The Morgan fingerprint density at radius 2 is 2.08 bits per heavy atom. The van der Waals surface area contributed by atoms with Gasteiger partial charge in [0.1, 0.15) is 11.5 Å². The molecule has 1 aromatic carbocycles. The largest absolute Gasteiger partial charge is 0.465 e. The van der Waals surface area contributed by atoms with Crippen molar-refractivity contribution in [1.82, 2.24) is 0 Å². The van der Waals surface area contributed by atoms with Crippen LogP contribution in [-0.2, 0) is 19.1 Å². The summed E-state index contributed by atoms with van der Waals surface area (Å²) in [6, 6.07) is 7.86. The van der Waals surface area contributed by atoms with Crippen molar-refractivity contribution < 1.29 is 19.1 Å². The van der Waals surface area contributed by atoms with Gasteiger partial charge >= 0.3 is 5.97 Å². The Bertz CT molecular complexity index is 741. The predicted octanol–water partition coefficient (Wildman–Crippen LogP) is 3.01. The van der Waals surface area contributed by atoms with Crippen LogP contribution in [0.5, 0.6) is 0 Å². The summed E-state index contributed by atoms with van der Waals surface area (Å²) in [7, 11) is 0. The molecule has 0 aliphatic carbocycles. The van der Waals surface area contributed by atoms with Crippen molar-refractivity contribution in [2.24, 2.45) is 11.8 Å². The van der Waals surface area contributed by atoms with E-state index < -0.39 is 17.4 Å². The third-order valence-corrected chi connectivity index (χ3v) is 5.71. The molecule has 138 valence electrons. The van der Waals surface area contributed by atoms with Crippen LogP contribution in [0.4, 0.5) is 5.69 Å². The maximum atomic E-state index is 13.2. The number of fused-ring (bicyclic) bond motifs is 1. The van der Waals surface area contributed by atoms with Crippen molar-refractivity contribution in [3.63, 3.8) is 0 Å². The van der Waals surface area contributed by atoms with E-state index in [1.165, 1.54) is 0 Å². The molecule has 1 spiro atoms. The number of hydrogen-bond acceptors (Lipinski definition) is 4. The lowest BCUT2D eigenvalue weighted by molar-refractivity contribution is -0.152. The van der Waals surface area contributed by atoms with E-state index in [1.54, 1.807) is 4.90 Å². The molecule has 0 radical (unpaired) electrons. The van der Waals surface area contributed by atoms with Gasteiger partial charge in [0.25, 0.3) is 0 Å². The molecular weight excluding hydrogens is 330 g/mol. The summed E-state index contributed by atoms with van der Waals surface area (Å²) in [5.41, 5.74) is 1.30. The monoisotopic (exact) mass is 355 g/mol. The van der Waals surface area contributed by atoms with Gasteiger partial charge in [-0.2, -0.15) is 0 Å². The number of amides is 1. The number of anilines is 1. The van der Waals surface area contributed by atoms with E-state index >= 15 is 0 Å². The van der Waals surface area contributed by atoms with Gasteiger partial charge < -0.3 is 14.4 Å². The van der Waals surface area contributed by atoms with Crippen LogP contribution in [0.15, 0.2) is 36.4 Å². The highest BCUT2D eigenvalue weighted by Crippen LogP contribution is 2.52. The first-order valence-corrected chi connectivity index (χ1v) is 9.47. The van der Waals surface area contributed by atoms with Gasteiger partial charge in [0, 0.05) is 5.69 Å². The molecule has 0 saturated carbocycles. The fourth-order valence-electron chi connectivity index (χ4n) is 4.33. The summed E-state index contributed by atoms with van der Waals surface area (Å²) in [5.74, 6) is -1.38. The summed E-state index contributed by atoms with van der Waals surface area (Å²) in [6.45, 7) is 4.99. The SMILES string of the molecule is CCCCCOC(=O)[C@@H]1[C@@H]2C=C[C@@]3(CN(c4ccc(C)cc4)C(=O)[C@H]13)O2. The first-order valence-electron chi connectivity index (χ1n) is 9.47. The van der Waals surface area contributed by atoms with Gasteiger partial charge in [0.2, 0.25) is 5.91 Å². The van der Waals surface area contributed by atoms with Crippen LogP contribution in [-0.4, -0.2) is 36.7 Å². The quantitative estimate of drug-likeness (QED) is 0.447. The highest BCUT2D eigenvalue weighted by molar-refractivity contribution is 6.02. The van der Waals surface area contributed by atoms with Crippen LogP contribution in [0.1, 0.15) is 31.7 Å². The maximum Gasteiger partial charge on any atom is 0.312 e. The summed E-state index contributed by atoms with van der Waals surface area (Å²) in [4.78, 5) is 27.6. The highest BCUT2D eigenvalue weighted by Gasteiger charge is 2.67. The smallest absolute Gasteiger partial charge is 0.312 e. The average molecular weight is 355 g/mol. The molecule has 0 unspecified atom stereocenters. The van der Waals surface area contributed by atoms with Crippen LogP contribution < -0.4 is 4.90 Å². The molecule has 3 aliphatic heterocycles. The Labute approximate surface area is 154 Å². The molecule has 2 bridgehead atoms. The van der Waals surface area contributed by atoms with E-state index in [1.807, 2.05) is 43.3 Å². The zero-order valence-corrected chi connectivity index (χ0v) is 15.3. The number of nitrogens with zero attached hydrogens (tertiary/aromatic N) is 1. The minimum absolute atomic E-state index is 0.0452. The predicted molar refractivity (Wildman–Crippen MR) is 97.7 cm³/mol. The maximum absolute atomic E-state index is 13.2. The molecule has 3 aliphatic rings.